The van der Waals surface area contributed by atoms with E-state index < -0.39 is 10.8 Å². The fraction of sp³-hybridized carbons (Fsp3) is 0.273. The van der Waals surface area contributed by atoms with Gasteiger partial charge in [0.2, 0.25) is 5.16 Å². The van der Waals surface area contributed by atoms with Gasteiger partial charge in [0.15, 0.2) is 5.82 Å². The second kappa shape index (κ2) is 4.78. The molecule has 0 aliphatic carbocycles. The number of aryl methyl sites for hydroxylation is 1. The summed E-state index contributed by atoms with van der Waals surface area (Å²) in [4.78, 5) is 10.7. The predicted molar refractivity (Wildman–Crippen MR) is 74.0 cm³/mol. The zero-order chi connectivity index (χ0) is 13.4. The minimum atomic E-state index is -1.22. The summed E-state index contributed by atoms with van der Waals surface area (Å²) in [5.74, 6) is 0.677. The van der Waals surface area contributed by atoms with Crippen LogP contribution in [-0.2, 0) is 17.2 Å². The molecule has 3 rings (SSSR count). The van der Waals surface area contributed by atoms with Gasteiger partial charge in [0.05, 0.1) is 16.2 Å². The molecule has 3 heterocycles. The normalized spacial score (nSPS) is 12.9. The Morgan fingerprint density at radius 1 is 1.42 bits per heavy atom. The van der Waals surface area contributed by atoms with Gasteiger partial charge in [0.25, 0.3) is 0 Å². The highest BCUT2D eigenvalue weighted by Gasteiger charge is 2.15. The van der Waals surface area contributed by atoms with Crippen LogP contribution in [0.5, 0.6) is 0 Å². The molecule has 6 nitrogen and oxygen atoms in total. The fourth-order valence-corrected chi connectivity index (χ4v) is 3.33. The summed E-state index contributed by atoms with van der Waals surface area (Å²) < 4.78 is 13.3. The Labute approximate surface area is 116 Å². The first-order chi connectivity index (χ1) is 9.20. The lowest BCUT2D eigenvalue weighted by molar-refractivity contribution is 0.675. The second-order valence-corrected chi connectivity index (χ2v) is 6.31. The van der Waals surface area contributed by atoms with Crippen LogP contribution in [0.4, 0.5) is 0 Å². The molecular weight excluding hydrogens is 282 g/mol. The highest BCUT2D eigenvalue weighted by atomic mass is 32.2. The molecule has 8 heteroatoms. The number of rotatable bonds is 3. The first-order valence-corrected chi connectivity index (χ1v) is 8.05. The standard InChI is InChI=1S/C11H11N5OS2/c1-3-7-4-8-9(12-5-13-10(8)18-7)16-6-14-15-11(16)19(2)17/h4-6H,3H2,1-2H3. The van der Waals surface area contributed by atoms with Gasteiger partial charge >= 0.3 is 0 Å². The molecule has 0 saturated carbocycles. The zero-order valence-corrected chi connectivity index (χ0v) is 12.0. The van der Waals surface area contributed by atoms with E-state index in [-0.39, 0.29) is 0 Å². The van der Waals surface area contributed by atoms with Gasteiger partial charge in [-0.1, -0.05) is 6.92 Å². The van der Waals surface area contributed by atoms with E-state index in [0.717, 1.165) is 16.6 Å². The molecule has 0 radical (unpaired) electrons. The van der Waals surface area contributed by atoms with Crippen molar-refractivity contribution in [2.45, 2.75) is 18.5 Å². The highest BCUT2D eigenvalue weighted by molar-refractivity contribution is 7.84. The van der Waals surface area contributed by atoms with Crippen LogP contribution in [0.15, 0.2) is 23.9 Å². The Kier molecular flexibility index (Phi) is 3.11. The van der Waals surface area contributed by atoms with E-state index in [2.05, 4.69) is 33.2 Å². The lowest BCUT2D eigenvalue weighted by Crippen LogP contribution is -2.04. The number of nitrogens with zero attached hydrogens (tertiary/aromatic N) is 5. The van der Waals surface area contributed by atoms with Crippen molar-refractivity contribution in [3.8, 4) is 5.82 Å². The van der Waals surface area contributed by atoms with Crippen molar-refractivity contribution in [3.63, 3.8) is 0 Å². The fourth-order valence-electron chi connectivity index (χ4n) is 1.82. The third kappa shape index (κ3) is 2.06. The van der Waals surface area contributed by atoms with E-state index in [1.165, 1.54) is 17.5 Å². The first kappa shape index (κ1) is 12.4. The van der Waals surface area contributed by atoms with Crippen molar-refractivity contribution in [1.82, 2.24) is 24.7 Å². The van der Waals surface area contributed by atoms with Crippen molar-refractivity contribution in [1.29, 1.82) is 0 Å². The van der Waals surface area contributed by atoms with Crippen molar-refractivity contribution >= 4 is 32.4 Å². The monoisotopic (exact) mass is 293 g/mol. The maximum absolute atomic E-state index is 11.6. The van der Waals surface area contributed by atoms with E-state index in [1.54, 1.807) is 22.2 Å². The van der Waals surface area contributed by atoms with E-state index in [9.17, 15) is 4.21 Å². The molecule has 0 aromatic carbocycles. The molecule has 0 saturated heterocycles. The summed E-state index contributed by atoms with van der Waals surface area (Å²) in [5.41, 5.74) is 0. The van der Waals surface area contributed by atoms with Crippen LogP contribution in [0.3, 0.4) is 0 Å². The van der Waals surface area contributed by atoms with Crippen LogP contribution in [0, 0.1) is 0 Å². The molecule has 0 aliphatic rings. The predicted octanol–water partition coefficient (Wildman–Crippen LogP) is 1.57. The maximum Gasteiger partial charge on any atom is 0.226 e. The maximum atomic E-state index is 11.6. The summed E-state index contributed by atoms with van der Waals surface area (Å²) >= 11 is 1.64. The molecular formula is C11H11N5OS2. The number of aromatic nitrogens is 5. The third-order valence-electron chi connectivity index (χ3n) is 2.71. The largest absolute Gasteiger partial charge is 0.257 e. The Bertz CT molecular complexity index is 763. The van der Waals surface area contributed by atoms with Gasteiger partial charge in [-0.25, -0.2) is 9.97 Å². The second-order valence-electron chi connectivity index (χ2n) is 3.92. The van der Waals surface area contributed by atoms with Gasteiger partial charge in [-0.15, -0.1) is 21.5 Å². The van der Waals surface area contributed by atoms with Crippen LogP contribution in [0.1, 0.15) is 11.8 Å². The van der Waals surface area contributed by atoms with Crippen molar-refractivity contribution in [2.75, 3.05) is 6.26 Å². The van der Waals surface area contributed by atoms with Crippen molar-refractivity contribution in [2.24, 2.45) is 0 Å². The molecule has 0 N–H and O–H groups in total. The van der Waals surface area contributed by atoms with E-state index >= 15 is 0 Å². The van der Waals surface area contributed by atoms with Gasteiger partial charge in [-0.2, -0.15) is 0 Å². The van der Waals surface area contributed by atoms with Gasteiger partial charge in [0, 0.05) is 11.1 Å². The molecule has 0 fully saturated rings. The molecule has 1 unspecified atom stereocenters. The van der Waals surface area contributed by atoms with Crippen LogP contribution in [-0.4, -0.2) is 35.2 Å². The van der Waals surface area contributed by atoms with E-state index in [1.807, 2.05) is 0 Å². The number of thiophene rings is 1. The summed E-state index contributed by atoms with van der Waals surface area (Å²) in [6.45, 7) is 2.10. The lowest BCUT2D eigenvalue weighted by Gasteiger charge is -2.03. The van der Waals surface area contributed by atoms with E-state index in [0.29, 0.717) is 11.0 Å². The van der Waals surface area contributed by atoms with Gasteiger partial charge in [0.1, 0.15) is 17.5 Å². The average Bonchev–Trinajstić information content (AvgIpc) is 3.04. The Balaban J connectivity index is 2.27. The van der Waals surface area contributed by atoms with Crippen molar-refractivity contribution < 1.29 is 4.21 Å². The third-order valence-corrected chi connectivity index (χ3v) is 4.69. The van der Waals surface area contributed by atoms with Gasteiger partial charge in [-0.05, 0) is 12.5 Å². The Morgan fingerprint density at radius 3 is 3.00 bits per heavy atom. The Morgan fingerprint density at radius 2 is 2.26 bits per heavy atom. The topological polar surface area (TPSA) is 73.6 Å². The average molecular weight is 293 g/mol. The molecule has 0 amide bonds. The summed E-state index contributed by atoms with van der Waals surface area (Å²) in [7, 11) is -1.22. The lowest BCUT2D eigenvalue weighted by atomic mass is 10.3. The smallest absolute Gasteiger partial charge is 0.226 e. The first-order valence-electron chi connectivity index (χ1n) is 5.68. The minimum Gasteiger partial charge on any atom is -0.257 e. The Hall–Kier alpha value is -1.67. The molecule has 0 spiro atoms. The highest BCUT2D eigenvalue weighted by Crippen LogP contribution is 2.28. The number of hydrogen-bond acceptors (Lipinski definition) is 6. The quantitative estimate of drug-likeness (QED) is 0.733. The zero-order valence-electron chi connectivity index (χ0n) is 10.4. The van der Waals surface area contributed by atoms with Crippen LogP contribution in [0.2, 0.25) is 0 Å². The molecule has 3 aromatic heterocycles. The summed E-state index contributed by atoms with van der Waals surface area (Å²) in [5, 5.41) is 9.03. The van der Waals surface area contributed by atoms with Crippen LogP contribution in [0.25, 0.3) is 16.0 Å². The number of fused-ring (bicyclic) bond motifs is 1. The summed E-state index contributed by atoms with van der Waals surface area (Å²) in [6, 6.07) is 2.07. The molecule has 0 aliphatic heterocycles. The van der Waals surface area contributed by atoms with Crippen LogP contribution < -0.4 is 0 Å². The SMILES string of the molecule is CCc1cc2c(-n3cnnc3S(C)=O)ncnc2s1. The molecule has 3 aromatic rings. The molecule has 0 bridgehead atoms. The van der Waals surface area contributed by atoms with Crippen LogP contribution >= 0.6 is 11.3 Å². The van der Waals surface area contributed by atoms with Gasteiger partial charge in [-0.3, -0.25) is 8.78 Å². The molecule has 98 valence electrons. The summed E-state index contributed by atoms with van der Waals surface area (Å²) in [6.07, 6.45) is 5.57. The van der Waals surface area contributed by atoms with E-state index in [4.69, 9.17) is 0 Å². The molecule has 19 heavy (non-hydrogen) atoms. The minimum absolute atomic E-state index is 0.393. The van der Waals surface area contributed by atoms with Crippen molar-refractivity contribution in [3.05, 3.63) is 23.6 Å². The van der Waals surface area contributed by atoms with Gasteiger partial charge < -0.3 is 0 Å². The number of hydrogen-bond donors (Lipinski definition) is 0. The molecule has 1 atom stereocenters.